The second-order valence-corrected chi connectivity index (χ2v) is 5.49. The molecule has 0 bridgehead atoms. The lowest BCUT2D eigenvalue weighted by Gasteiger charge is -2.22. The van der Waals surface area contributed by atoms with Gasteiger partial charge < -0.3 is 11.1 Å². The first kappa shape index (κ1) is 11.6. The number of hydrogen-bond donors (Lipinski definition) is 2. The Hall–Kier alpha value is -1.53. The van der Waals surface area contributed by atoms with E-state index in [1.165, 1.54) is 17.5 Å². The van der Waals surface area contributed by atoms with Crippen molar-refractivity contribution < 1.29 is 0 Å². The first-order chi connectivity index (χ1) is 8.78. The molecule has 2 aliphatic rings. The SMILES string of the molecule is N#CC1CCCC1NC1CCc2cc(N)ccc21. The van der Waals surface area contributed by atoms with E-state index in [1.54, 1.807) is 0 Å². The average molecular weight is 241 g/mol. The van der Waals surface area contributed by atoms with E-state index < -0.39 is 0 Å². The minimum Gasteiger partial charge on any atom is -0.399 e. The summed E-state index contributed by atoms with van der Waals surface area (Å²) in [6.45, 7) is 0. The molecule has 3 heteroatoms. The molecule has 0 aromatic heterocycles. The minimum atomic E-state index is 0.197. The predicted molar refractivity (Wildman–Crippen MR) is 71.8 cm³/mol. The lowest BCUT2D eigenvalue weighted by molar-refractivity contribution is 0.400. The third-order valence-electron chi connectivity index (χ3n) is 4.34. The Kier molecular flexibility index (Phi) is 2.97. The maximum atomic E-state index is 9.14. The topological polar surface area (TPSA) is 61.8 Å². The quantitative estimate of drug-likeness (QED) is 0.782. The van der Waals surface area contributed by atoms with Crippen LogP contribution in [0.3, 0.4) is 0 Å². The Labute approximate surface area is 108 Å². The molecule has 0 aliphatic heterocycles. The zero-order valence-electron chi connectivity index (χ0n) is 10.5. The van der Waals surface area contributed by atoms with Gasteiger partial charge in [0, 0.05) is 17.8 Å². The summed E-state index contributed by atoms with van der Waals surface area (Å²) in [4.78, 5) is 0. The molecule has 2 aliphatic carbocycles. The Morgan fingerprint density at radius 2 is 2.17 bits per heavy atom. The van der Waals surface area contributed by atoms with Crippen LogP contribution in [0.15, 0.2) is 18.2 Å². The van der Waals surface area contributed by atoms with Crippen molar-refractivity contribution in [1.82, 2.24) is 5.32 Å². The van der Waals surface area contributed by atoms with Crippen LogP contribution in [0.4, 0.5) is 5.69 Å². The lowest BCUT2D eigenvalue weighted by Crippen LogP contribution is -2.34. The number of rotatable bonds is 2. The first-order valence-corrected chi connectivity index (χ1v) is 6.82. The van der Waals surface area contributed by atoms with Crippen LogP contribution in [0.5, 0.6) is 0 Å². The van der Waals surface area contributed by atoms with Gasteiger partial charge in [-0.05, 0) is 48.9 Å². The third kappa shape index (κ3) is 1.97. The van der Waals surface area contributed by atoms with Crippen molar-refractivity contribution in [2.75, 3.05) is 5.73 Å². The van der Waals surface area contributed by atoms with Gasteiger partial charge in [0.05, 0.1) is 12.0 Å². The second-order valence-electron chi connectivity index (χ2n) is 5.49. The van der Waals surface area contributed by atoms with E-state index in [0.717, 1.165) is 31.4 Å². The highest BCUT2D eigenvalue weighted by atomic mass is 15.0. The zero-order chi connectivity index (χ0) is 12.5. The minimum absolute atomic E-state index is 0.197. The van der Waals surface area contributed by atoms with E-state index in [0.29, 0.717) is 12.1 Å². The third-order valence-corrected chi connectivity index (χ3v) is 4.34. The van der Waals surface area contributed by atoms with Crippen molar-refractivity contribution in [2.24, 2.45) is 5.92 Å². The molecule has 1 saturated carbocycles. The average Bonchev–Trinajstić information content (AvgIpc) is 2.96. The van der Waals surface area contributed by atoms with Crippen molar-refractivity contribution >= 4 is 5.69 Å². The van der Waals surface area contributed by atoms with Crippen molar-refractivity contribution in [2.45, 2.75) is 44.2 Å². The van der Waals surface area contributed by atoms with E-state index in [1.807, 2.05) is 6.07 Å². The maximum absolute atomic E-state index is 9.14. The van der Waals surface area contributed by atoms with Crippen LogP contribution in [0, 0.1) is 17.2 Å². The van der Waals surface area contributed by atoms with Gasteiger partial charge in [-0.3, -0.25) is 0 Å². The van der Waals surface area contributed by atoms with Crippen LogP contribution in [-0.4, -0.2) is 6.04 Å². The molecular formula is C15H19N3. The Bertz CT molecular complexity index is 489. The van der Waals surface area contributed by atoms with Crippen LogP contribution in [0.1, 0.15) is 42.9 Å². The molecule has 94 valence electrons. The Morgan fingerprint density at radius 3 is 3.00 bits per heavy atom. The smallest absolute Gasteiger partial charge is 0.0672 e. The summed E-state index contributed by atoms with van der Waals surface area (Å²) >= 11 is 0. The number of nitrogens with one attached hydrogen (secondary N) is 1. The van der Waals surface area contributed by atoms with E-state index in [-0.39, 0.29) is 5.92 Å². The summed E-state index contributed by atoms with van der Waals surface area (Å²) in [7, 11) is 0. The molecule has 1 fully saturated rings. The maximum Gasteiger partial charge on any atom is 0.0672 e. The molecule has 18 heavy (non-hydrogen) atoms. The number of benzene rings is 1. The molecule has 3 unspecified atom stereocenters. The largest absolute Gasteiger partial charge is 0.399 e. The highest BCUT2D eigenvalue weighted by Gasteiger charge is 2.31. The molecule has 1 aromatic carbocycles. The summed E-state index contributed by atoms with van der Waals surface area (Å²) in [5, 5.41) is 12.8. The molecule has 0 spiro atoms. The Morgan fingerprint density at radius 1 is 1.28 bits per heavy atom. The van der Waals surface area contributed by atoms with Crippen molar-refractivity contribution in [3.8, 4) is 6.07 Å². The molecule has 1 aromatic rings. The number of hydrogen-bond acceptors (Lipinski definition) is 3. The molecule has 0 amide bonds. The highest BCUT2D eigenvalue weighted by molar-refractivity contribution is 5.47. The number of aryl methyl sites for hydroxylation is 1. The summed E-state index contributed by atoms with van der Waals surface area (Å²) < 4.78 is 0. The van der Waals surface area contributed by atoms with Gasteiger partial charge in [0.25, 0.3) is 0 Å². The van der Waals surface area contributed by atoms with Gasteiger partial charge in [-0.1, -0.05) is 12.5 Å². The van der Waals surface area contributed by atoms with E-state index in [4.69, 9.17) is 11.0 Å². The molecule has 3 nitrogen and oxygen atoms in total. The fourth-order valence-corrected chi connectivity index (χ4v) is 3.38. The molecule has 3 atom stereocenters. The van der Waals surface area contributed by atoms with Gasteiger partial charge in [-0.15, -0.1) is 0 Å². The van der Waals surface area contributed by atoms with E-state index in [9.17, 15) is 0 Å². The number of nitrogens with two attached hydrogens (primary N) is 1. The summed E-state index contributed by atoms with van der Waals surface area (Å²) in [6, 6.07) is 9.45. The Balaban J connectivity index is 1.75. The van der Waals surface area contributed by atoms with Crippen molar-refractivity contribution in [3.63, 3.8) is 0 Å². The lowest BCUT2D eigenvalue weighted by atomic mass is 10.0. The molecule has 3 N–H and O–H groups in total. The number of nitriles is 1. The van der Waals surface area contributed by atoms with E-state index in [2.05, 4.69) is 23.5 Å². The fourth-order valence-electron chi connectivity index (χ4n) is 3.38. The van der Waals surface area contributed by atoms with Crippen LogP contribution >= 0.6 is 0 Å². The number of nitrogen functional groups attached to an aromatic ring is 1. The molecular weight excluding hydrogens is 222 g/mol. The first-order valence-electron chi connectivity index (χ1n) is 6.82. The van der Waals surface area contributed by atoms with Crippen molar-refractivity contribution in [1.29, 1.82) is 5.26 Å². The fraction of sp³-hybridized carbons (Fsp3) is 0.533. The number of anilines is 1. The van der Waals surface area contributed by atoms with Gasteiger partial charge in [0.2, 0.25) is 0 Å². The van der Waals surface area contributed by atoms with Crippen LogP contribution in [0.2, 0.25) is 0 Å². The highest BCUT2D eigenvalue weighted by Crippen LogP contribution is 2.35. The normalized spacial score (nSPS) is 30.1. The molecule has 0 saturated heterocycles. The second kappa shape index (κ2) is 4.62. The van der Waals surface area contributed by atoms with Crippen LogP contribution in [0.25, 0.3) is 0 Å². The van der Waals surface area contributed by atoms with Crippen molar-refractivity contribution in [3.05, 3.63) is 29.3 Å². The van der Waals surface area contributed by atoms with E-state index >= 15 is 0 Å². The summed E-state index contributed by atoms with van der Waals surface area (Å²) in [5.41, 5.74) is 9.43. The molecule has 0 heterocycles. The van der Waals surface area contributed by atoms with Gasteiger partial charge in [0.1, 0.15) is 0 Å². The van der Waals surface area contributed by atoms with Crippen LogP contribution < -0.4 is 11.1 Å². The zero-order valence-corrected chi connectivity index (χ0v) is 10.5. The van der Waals surface area contributed by atoms with Gasteiger partial charge in [0.15, 0.2) is 0 Å². The molecule has 3 rings (SSSR count). The van der Waals surface area contributed by atoms with Gasteiger partial charge >= 0.3 is 0 Å². The number of nitrogens with zero attached hydrogens (tertiary/aromatic N) is 1. The van der Waals surface area contributed by atoms with Gasteiger partial charge in [-0.2, -0.15) is 5.26 Å². The number of fused-ring (bicyclic) bond motifs is 1. The predicted octanol–water partition coefficient (Wildman–Crippen LogP) is 2.54. The summed E-state index contributed by atoms with van der Waals surface area (Å²) in [5.74, 6) is 0.197. The molecule has 0 radical (unpaired) electrons. The van der Waals surface area contributed by atoms with Gasteiger partial charge in [-0.25, -0.2) is 0 Å². The standard InChI is InChI=1S/C15H19N3/c16-9-11-2-1-3-14(11)18-15-7-4-10-8-12(17)5-6-13(10)15/h5-6,8,11,14-15,18H,1-4,7,17H2. The van der Waals surface area contributed by atoms with Crippen LogP contribution in [-0.2, 0) is 6.42 Å². The monoisotopic (exact) mass is 241 g/mol. The summed E-state index contributed by atoms with van der Waals surface area (Å²) in [6.07, 6.45) is 5.60.